The number of likely N-dealkylation sites (tertiary alicyclic amines) is 1. The fourth-order valence-corrected chi connectivity index (χ4v) is 2.35. The first-order valence-electron chi connectivity index (χ1n) is 5.76. The Bertz CT molecular complexity index is 345. The van der Waals surface area contributed by atoms with E-state index in [4.69, 9.17) is 11.6 Å². The third-order valence-corrected chi connectivity index (χ3v) is 3.23. The number of hydrogen-bond acceptors (Lipinski definition) is 4. The minimum atomic E-state index is 0.295. The molecule has 1 saturated heterocycles. The van der Waals surface area contributed by atoms with Gasteiger partial charge in [0.1, 0.15) is 5.82 Å². The van der Waals surface area contributed by atoms with Crippen LogP contribution in [-0.2, 0) is 0 Å². The average Bonchev–Trinajstić information content (AvgIpc) is 2.74. The molecule has 0 aromatic carbocycles. The summed E-state index contributed by atoms with van der Waals surface area (Å²) >= 11 is 5.72. The van der Waals surface area contributed by atoms with Crippen LogP contribution in [0.15, 0.2) is 12.3 Å². The summed E-state index contributed by atoms with van der Waals surface area (Å²) in [6, 6.07) is 2.47. The van der Waals surface area contributed by atoms with Crippen molar-refractivity contribution in [3.05, 3.63) is 17.5 Å². The van der Waals surface area contributed by atoms with Crippen molar-refractivity contribution in [3.63, 3.8) is 0 Å². The van der Waals surface area contributed by atoms with E-state index in [1.807, 2.05) is 6.07 Å². The summed E-state index contributed by atoms with van der Waals surface area (Å²) in [5.41, 5.74) is 0. The lowest BCUT2D eigenvalue weighted by Gasteiger charge is -2.23. The number of nitrogens with zero attached hydrogens (tertiary/aromatic N) is 3. The van der Waals surface area contributed by atoms with Gasteiger partial charge in [-0.25, -0.2) is 9.97 Å². The Kier molecular flexibility index (Phi) is 3.96. The third-order valence-electron chi connectivity index (χ3n) is 3.05. The molecule has 0 amide bonds. The summed E-state index contributed by atoms with van der Waals surface area (Å²) < 4.78 is 0. The zero-order valence-corrected chi connectivity index (χ0v) is 10.2. The van der Waals surface area contributed by atoms with Crippen LogP contribution in [0.25, 0.3) is 0 Å². The Balaban J connectivity index is 1.87. The highest BCUT2D eigenvalue weighted by atomic mass is 35.5. The highest BCUT2D eigenvalue weighted by molar-refractivity contribution is 6.28. The molecule has 2 heterocycles. The molecule has 0 spiro atoms. The molecule has 1 unspecified atom stereocenters. The van der Waals surface area contributed by atoms with E-state index in [9.17, 15) is 0 Å². The summed E-state index contributed by atoms with van der Waals surface area (Å²) in [7, 11) is 0. The zero-order valence-electron chi connectivity index (χ0n) is 9.49. The SMILES string of the molecule is CCN1CCCC1CNc1ccnc(Cl)n1. The van der Waals surface area contributed by atoms with Crippen LogP contribution < -0.4 is 5.32 Å². The van der Waals surface area contributed by atoms with Crippen LogP contribution in [0.3, 0.4) is 0 Å². The van der Waals surface area contributed by atoms with Crippen molar-refractivity contribution in [2.45, 2.75) is 25.8 Å². The van der Waals surface area contributed by atoms with E-state index in [0.717, 1.165) is 18.9 Å². The first kappa shape index (κ1) is 11.6. The van der Waals surface area contributed by atoms with E-state index >= 15 is 0 Å². The van der Waals surface area contributed by atoms with Crippen molar-refractivity contribution in [2.75, 3.05) is 25.0 Å². The third kappa shape index (κ3) is 2.83. The normalized spacial score (nSPS) is 21.2. The number of nitrogens with one attached hydrogen (secondary N) is 1. The van der Waals surface area contributed by atoms with Crippen LogP contribution in [-0.4, -0.2) is 40.5 Å². The van der Waals surface area contributed by atoms with Gasteiger partial charge in [-0.2, -0.15) is 0 Å². The van der Waals surface area contributed by atoms with Crippen molar-refractivity contribution < 1.29 is 0 Å². The van der Waals surface area contributed by atoms with Gasteiger partial charge in [0.25, 0.3) is 0 Å². The van der Waals surface area contributed by atoms with E-state index in [1.165, 1.54) is 19.4 Å². The number of aromatic nitrogens is 2. The van der Waals surface area contributed by atoms with Gasteiger partial charge < -0.3 is 5.32 Å². The molecule has 0 saturated carbocycles. The molecule has 1 aromatic rings. The van der Waals surface area contributed by atoms with Crippen LogP contribution in [0.4, 0.5) is 5.82 Å². The van der Waals surface area contributed by atoms with Gasteiger partial charge in [0.05, 0.1) is 0 Å². The molecule has 1 aromatic heterocycles. The summed E-state index contributed by atoms with van der Waals surface area (Å²) in [5, 5.41) is 3.61. The Labute approximate surface area is 101 Å². The van der Waals surface area contributed by atoms with Gasteiger partial charge in [-0.05, 0) is 43.6 Å². The maximum atomic E-state index is 5.72. The van der Waals surface area contributed by atoms with Gasteiger partial charge in [0.15, 0.2) is 0 Å². The van der Waals surface area contributed by atoms with Gasteiger partial charge in [-0.3, -0.25) is 4.90 Å². The molecule has 16 heavy (non-hydrogen) atoms. The molecule has 0 radical (unpaired) electrons. The number of hydrogen-bond donors (Lipinski definition) is 1. The summed E-state index contributed by atoms with van der Waals surface area (Å²) in [5.74, 6) is 0.808. The number of halogens is 1. The van der Waals surface area contributed by atoms with Crippen molar-refractivity contribution >= 4 is 17.4 Å². The Morgan fingerprint density at radius 3 is 3.25 bits per heavy atom. The van der Waals surface area contributed by atoms with Crippen LogP contribution in [0, 0.1) is 0 Å². The lowest BCUT2D eigenvalue weighted by molar-refractivity contribution is 0.277. The van der Waals surface area contributed by atoms with E-state index in [-0.39, 0.29) is 0 Å². The molecule has 2 rings (SSSR count). The highest BCUT2D eigenvalue weighted by Crippen LogP contribution is 2.17. The molecule has 5 heteroatoms. The van der Waals surface area contributed by atoms with Gasteiger partial charge >= 0.3 is 0 Å². The van der Waals surface area contributed by atoms with E-state index < -0.39 is 0 Å². The lowest BCUT2D eigenvalue weighted by Crippen LogP contribution is -2.34. The van der Waals surface area contributed by atoms with Crippen molar-refractivity contribution in [1.82, 2.24) is 14.9 Å². The summed E-state index contributed by atoms with van der Waals surface area (Å²) in [6.07, 6.45) is 4.23. The maximum Gasteiger partial charge on any atom is 0.224 e. The number of likely N-dealkylation sites (N-methyl/N-ethyl adjacent to an activating group) is 1. The van der Waals surface area contributed by atoms with Crippen molar-refractivity contribution in [3.8, 4) is 0 Å². The molecule has 1 N–H and O–H groups in total. The first-order chi connectivity index (χ1) is 7.79. The van der Waals surface area contributed by atoms with E-state index in [2.05, 4.69) is 27.1 Å². The van der Waals surface area contributed by atoms with Crippen LogP contribution >= 0.6 is 11.6 Å². The second-order valence-electron chi connectivity index (χ2n) is 4.02. The predicted molar refractivity (Wildman–Crippen MR) is 65.8 cm³/mol. The molecule has 0 bridgehead atoms. The Morgan fingerprint density at radius 1 is 1.62 bits per heavy atom. The largest absolute Gasteiger partial charge is 0.368 e. The molecule has 1 fully saturated rings. The molecular weight excluding hydrogens is 224 g/mol. The molecular formula is C11H17ClN4. The second-order valence-corrected chi connectivity index (χ2v) is 4.35. The van der Waals surface area contributed by atoms with Gasteiger partial charge in [0.2, 0.25) is 5.28 Å². The number of anilines is 1. The minimum absolute atomic E-state index is 0.295. The zero-order chi connectivity index (χ0) is 11.4. The number of rotatable bonds is 4. The first-order valence-corrected chi connectivity index (χ1v) is 6.14. The van der Waals surface area contributed by atoms with E-state index in [0.29, 0.717) is 11.3 Å². The Hall–Kier alpha value is -0.870. The minimum Gasteiger partial charge on any atom is -0.368 e. The smallest absolute Gasteiger partial charge is 0.224 e. The van der Waals surface area contributed by atoms with Crippen molar-refractivity contribution in [1.29, 1.82) is 0 Å². The van der Waals surface area contributed by atoms with Gasteiger partial charge in [-0.1, -0.05) is 6.92 Å². The van der Waals surface area contributed by atoms with Crippen LogP contribution in [0.2, 0.25) is 5.28 Å². The monoisotopic (exact) mass is 240 g/mol. The van der Waals surface area contributed by atoms with Crippen LogP contribution in [0.1, 0.15) is 19.8 Å². The van der Waals surface area contributed by atoms with Gasteiger partial charge in [-0.15, -0.1) is 0 Å². The van der Waals surface area contributed by atoms with Crippen molar-refractivity contribution in [2.24, 2.45) is 0 Å². The summed E-state index contributed by atoms with van der Waals surface area (Å²) in [4.78, 5) is 10.5. The fraction of sp³-hybridized carbons (Fsp3) is 0.636. The van der Waals surface area contributed by atoms with Gasteiger partial charge in [0, 0.05) is 18.8 Å². The average molecular weight is 241 g/mol. The maximum absolute atomic E-state index is 5.72. The second kappa shape index (κ2) is 5.46. The highest BCUT2D eigenvalue weighted by Gasteiger charge is 2.22. The lowest BCUT2D eigenvalue weighted by atomic mass is 10.2. The molecule has 88 valence electrons. The standard InChI is InChI=1S/C11H17ClN4/c1-2-16-7-3-4-9(16)8-14-10-5-6-13-11(12)15-10/h5-6,9H,2-4,7-8H2,1H3,(H,13,14,15). The molecule has 1 aliphatic rings. The summed E-state index contributed by atoms with van der Waals surface area (Å²) in [6.45, 7) is 5.48. The van der Waals surface area contributed by atoms with E-state index in [1.54, 1.807) is 6.20 Å². The fourth-order valence-electron chi connectivity index (χ4n) is 2.20. The van der Waals surface area contributed by atoms with Crippen LogP contribution in [0.5, 0.6) is 0 Å². The molecule has 4 nitrogen and oxygen atoms in total. The molecule has 1 aliphatic heterocycles. The topological polar surface area (TPSA) is 41.0 Å². The Morgan fingerprint density at radius 2 is 2.50 bits per heavy atom. The quantitative estimate of drug-likeness (QED) is 0.818. The predicted octanol–water partition coefficient (Wildman–Crippen LogP) is 2.03. The molecule has 1 atom stereocenters. The molecule has 0 aliphatic carbocycles.